The van der Waals surface area contributed by atoms with E-state index in [0.29, 0.717) is 0 Å². The van der Waals surface area contributed by atoms with Crippen LogP contribution in [0.5, 0.6) is 46.0 Å². The zero-order valence-electron chi connectivity index (χ0n) is 64.5. The van der Waals surface area contributed by atoms with E-state index in [1.807, 2.05) is 177 Å². The summed E-state index contributed by atoms with van der Waals surface area (Å²) in [5.74, 6) is -9.38. The van der Waals surface area contributed by atoms with Crippen LogP contribution in [0.1, 0.15) is 194 Å². The highest BCUT2D eigenvalue weighted by Gasteiger charge is 2.40. The molecule has 1 aliphatic rings. The molecule has 20 nitrogen and oxygen atoms in total. The highest BCUT2D eigenvalue weighted by Crippen LogP contribution is 2.56. The van der Waals surface area contributed by atoms with Crippen LogP contribution in [0.3, 0.4) is 0 Å². The van der Waals surface area contributed by atoms with Gasteiger partial charge in [-0.25, -0.2) is 0 Å². The molecule has 8 aromatic carbocycles. The third kappa shape index (κ3) is 19.6. The Morgan fingerprint density at radius 3 is 0.574 bits per heavy atom. The van der Waals surface area contributed by atoms with Gasteiger partial charge >= 0.3 is 0 Å². The van der Waals surface area contributed by atoms with Crippen LogP contribution in [0.15, 0.2) is 146 Å². The first-order valence-electron chi connectivity index (χ1n) is 37.9. The van der Waals surface area contributed by atoms with E-state index in [-0.39, 0.29) is 238 Å². The smallest absolute Gasteiger partial charge is 0.237 e. The Bertz CT molecular complexity index is 3720. The van der Waals surface area contributed by atoms with Crippen molar-refractivity contribution < 1.29 is 60.0 Å². The molecule has 4 atom stereocenters. The van der Waals surface area contributed by atoms with Crippen molar-refractivity contribution >= 4 is 23.6 Å². The van der Waals surface area contributed by atoms with Gasteiger partial charge in [0.25, 0.3) is 0 Å². The normalized spacial score (nSPS) is 16.1. The van der Waals surface area contributed by atoms with E-state index < -0.39 is 47.8 Å². The summed E-state index contributed by atoms with van der Waals surface area (Å²) >= 11 is 0. The summed E-state index contributed by atoms with van der Waals surface area (Å²) in [5.41, 5.74) is 5.09. The average Bonchev–Trinajstić information content (AvgIpc) is 0.726. The molecule has 0 aromatic heterocycles. The summed E-state index contributed by atoms with van der Waals surface area (Å²) in [6, 6.07) is 40.9. The topological polar surface area (TPSA) is 326 Å². The molecule has 4 amide bonds. The highest BCUT2D eigenvalue weighted by molar-refractivity contribution is 5.84. The molecule has 16 N–H and O–H groups in total. The number of aromatic hydroxyl groups is 8. The highest BCUT2D eigenvalue weighted by atomic mass is 16.3. The number of likely N-dealkylation sites (N-methyl/N-ethyl adjacent to an activating group) is 4. The van der Waals surface area contributed by atoms with Crippen molar-refractivity contribution in [2.24, 2.45) is 23.7 Å². The maximum Gasteiger partial charge on any atom is 0.237 e. The van der Waals surface area contributed by atoms with Gasteiger partial charge in [0.1, 0.15) is 46.0 Å². The summed E-state index contributed by atoms with van der Waals surface area (Å²) in [6.45, 7) is 14.8. The van der Waals surface area contributed by atoms with Gasteiger partial charge in [0.15, 0.2) is 0 Å². The van der Waals surface area contributed by atoms with Gasteiger partial charge in [-0.3, -0.25) is 19.2 Å². The minimum atomic E-state index is -1.02. The molecule has 108 heavy (non-hydrogen) atoms. The van der Waals surface area contributed by atoms with Crippen molar-refractivity contribution in [3.63, 3.8) is 0 Å². The van der Waals surface area contributed by atoms with Gasteiger partial charge in [-0.2, -0.15) is 0 Å². The first-order valence-corrected chi connectivity index (χ1v) is 37.9. The molecule has 0 fully saturated rings. The molecular formula is C88H112N8O12. The quantitative estimate of drug-likeness (QED) is 0.0186. The third-order valence-corrected chi connectivity index (χ3v) is 21.0. The molecule has 0 unspecified atom stereocenters. The van der Waals surface area contributed by atoms with Crippen molar-refractivity contribution in [1.29, 1.82) is 0 Å². The van der Waals surface area contributed by atoms with Gasteiger partial charge in [-0.15, -0.1) is 0 Å². The predicted octanol–water partition coefficient (Wildman–Crippen LogP) is 12.1. The number of carbonyl (C=O) groups excluding carboxylic acids is 4. The van der Waals surface area contributed by atoms with E-state index >= 15 is 0 Å². The van der Waals surface area contributed by atoms with Crippen LogP contribution in [-0.4, -0.2) is 117 Å². The number of hydrogen-bond donors (Lipinski definition) is 16. The molecule has 0 heterocycles. The van der Waals surface area contributed by atoms with Crippen LogP contribution in [0.2, 0.25) is 0 Å². The maximum atomic E-state index is 14.1. The molecule has 0 saturated heterocycles. The summed E-state index contributed by atoms with van der Waals surface area (Å²) < 4.78 is 0. The minimum Gasteiger partial charge on any atom is -0.507 e. The second kappa shape index (κ2) is 37.6. The molecule has 0 saturated carbocycles. The van der Waals surface area contributed by atoms with E-state index in [9.17, 15) is 60.0 Å². The fraction of sp³-hybridized carbons (Fsp3) is 0.409. The summed E-state index contributed by atoms with van der Waals surface area (Å²) in [4.78, 5) is 56.3. The average molecular weight is 1470 g/mol. The van der Waals surface area contributed by atoms with Crippen molar-refractivity contribution in [2.45, 2.75) is 181 Å². The monoisotopic (exact) mass is 1470 g/mol. The second-order valence-corrected chi connectivity index (χ2v) is 30.6. The van der Waals surface area contributed by atoms with Crippen LogP contribution >= 0.6 is 0 Å². The minimum absolute atomic E-state index is 0.0127. The Kier molecular flexibility index (Phi) is 28.5. The first-order chi connectivity index (χ1) is 51.7. The number of hydrogen-bond acceptors (Lipinski definition) is 16. The van der Waals surface area contributed by atoms with Gasteiger partial charge in [0.05, 0.1) is 46.4 Å². The molecule has 1 aliphatic carbocycles. The van der Waals surface area contributed by atoms with E-state index in [4.69, 9.17) is 0 Å². The lowest BCUT2D eigenvalue weighted by Crippen LogP contribution is -2.44. The van der Waals surface area contributed by atoms with E-state index in [0.717, 1.165) is 22.3 Å². The standard InChI is InChI=1S/C88H112N8O12/c1-49(2)33-57-61-41-63(79(99)69(77(61)97)45-93-73(85(105)89-9)37-53-25-17-13-18-26-53)58(34-50(3)4)65-43-67(83(103)71(81(65)101)47-95-75(87(107)91-11)39-55-29-21-15-22-30-55)60(36-52(7)8)68-44-66(82(102)72(84(68)104)48-96-76(88(108)92-12)40-56-31-23-16-24-32-56)59(35-51(5)6)64-42-62(57)78(98)70(80(64)100)46-94-74(86(106)90-10)38-54-27-19-14-20-28-54/h13-32,41-44,49-52,57-60,73-76,93-104H,33-40,45-48H2,1-12H3,(H,89,105)(H,90,106)(H,91,107)(H,92,108)/t57?,58?,59?,60?,73-,74-,75-,76-/m0/s1. The molecule has 20 heteroatoms. The lowest BCUT2D eigenvalue weighted by molar-refractivity contribution is -0.123. The number of phenols is 8. The zero-order chi connectivity index (χ0) is 78.2. The number of nitrogens with one attached hydrogen (secondary N) is 8. The van der Waals surface area contributed by atoms with Crippen molar-refractivity contribution in [3.05, 3.63) is 235 Å². The molecule has 0 aliphatic heterocycles. The molecule has 0 radical (unpaired) electrons. The molecule has 8 bridgehead atoms. The number of phenolic OH excluding ortho intramolecular Hbond substituents is 8. The zero-order valence-corrected chi connectivity index (χ0v) is 64.5. The number of fused-ring (bicyclic) bond motifs is 8. The van der Waals surface area contributed by atoms with Crippen molar-refractivity contribution in [1.82, 2.24) is 42.5 Å². The van der Waals surface area contributed by atoms with Crippen LogP contribution in [0.4, 0.5) is 0 Å². The van der Waals surface area contributed by atoms with Crippen LogP contribution in [0.25, 0.3) is 0 Å². The Labute approximate surface area is 636 Å². The van der Waals surface area contributed by atoms with E-state index in [2.05, 4.69) is 42.5 Å². The van der Waals surface area contributed by atoms with Gasteiger partial charge < -0.3 is 83.4 Å². The van der Waals surface area contributed by atoms with Crippen LogP contribution in [-0.2, 0) is 71.0 Å². The molecule has 9 rings (SSSR count). The molecule has 0 spiro atoms. The fourth-order valence-corrected chi connectivity index (χ4v) is 15.5. The fourth-order valence-electron chi connectivity index (χ4n) is 15.5. The third-order valence-electron chi connectivity index (χ3n) is 21.0. The van der Waals surface area contributed by atoms with E-state index in [1.165, 1.54) is 28.2 Å². The van der Waals surface area contributed by atoms with Crippen molar-refractivity contribution in [2.75, 3.05) is 28.2 Å². The maximum absolute atomic E-state index is 14.1. The number of benzene rings is 8. The Balaban J connectivity index is 1.45. The molecular weight excluding hydrogens is 1360 g/mol. The van der Waals surface area contributed by atoms with Crippen molar-refractivity contribution in [3.8, 4) is 46.0 Å². The lowest BCUT2D eigenvalue weighted by atomic mass is 9.73. The largest absolute Gasteiger partial charge is 0.507 e. The summed E-state index contributed by atoms with van der Waals surface area (Å²) in [7, 11) is 6.11. The molecule has 576 valence electrons. The first kappa shape index (κ1) is 81.9. The van der Waals surface area contributed by atoms with Gasteiger partial charge in [0.2, 0.25) is 23.6 Å². The Morgan fingerprint density at radius 1 is 0.278 bits per heavy atom. The summed E-state index contributed by atoms with van der Waals surface area (Å²) in [6.07, 6.45) is 1.69. The Morgan fingerprint density at radius 2 is 0.435 bits per heavy atom. The summed E-state index contributed by atoms with van der Waals surface area (Å²) in [5, 5.41) is 133. The van der Waals surface area contributed by atoms with Crippen LogP contribution in [0, 0.1) is 23.7 Å². The van der Waals surface area contributed by atoms with Gasteiger partial charge in [-0.05, 0) is 122 Å². The SMILES string of the molecule is CNC(=O)[C@H](Cc1ccccc1)NCc1c(O)c2cc(c1O)C(CC(C)C)c1cc(c(O)c(CN[C@@H](Cc3ccccc3)C(=O)NC)c1O)C(CC(C)C)c1cc(c(O)c(CN[C@@H](Cc3ccccc3)C(=O)NC)c1O)C(CC(C)C)c1cc(c(O)c(CN[C@@H](Cc3ccccc3)C(=O)NC)c1O)C2CC(C)C. The molecule has 8 aromatic rings. The lowest BCUT2D eigenvalue weighted by Gasteiger charge is -2.33. The number of carbonyl (C=O) groups is 4. The second-order valence-electron chi connectivity index (χ2n) is 30.6. The Hall–Kier alpha value is -10.1. The predicted molar refractivity (Wildman–Crippen MR) is 424 cm³/mol. The van der Waals surface area contributed by atoms with Crippen LogP contribution < -0.4 is 42.5 Å². The van der Waals surface area contributed by atoms with E-state index in [1.54, 1.807) is 24.3 Å². The van der Waals surface area contributed by atoms with Gasteiger partial charge in [-0.1, -0.05) is 177 Å². The number of rotatable bonds is 32. The van der Waals surface area contributed by atoms with Gasteiger partial charge in [0, 0.05) is 123 Å². The number of amides is 4.